The molecule has 0 amide bonds. The number of aromatic nitrogens is 4. The zero-order valence-corrected chi connectivity index (χ0v) is 15.9. The topological polar surface area (TPSA) is 86.0 Å². The van der Waals surface area contributed by atoms with Crippen molar-refractivity contribution in [1.82, 2.24) is 20.3 Å². The zero-order valence-electron chi connectivity index (χ0n) is 14.2. The van der Waals surface area contributed by atoms with Gasteiger partial charge in [0.05, 0.1) is 18.6 Å². The number of thioether (sulfide) groups is 1. The summed E-state index contributed by atoms with van der Waals surface area (Å²) in [5.41, 5.74) is 0.856. The van der Waals surface area contributed by atoms with Gasteiger partial charge in [0.2, 0.25) is 11.0 Å². The van der Waals surface area contributed by atoms with Crippen molar-refractivity contribution in [3.8, 4) is 5.75 Å². The molecule has 7 nitrogen and oxygen atoms in total. The Kier molecular flexibility index (Phi) is 5.87. The van der Waals surface area contributed by atoms with Gasteiger partial charge in [-0.05, 0) is 18.1 Å². The standard InChI is InChI=1S/C16H19N5O2S2/c1-10(2)8-14-18-13(21-23-14)9-24-16-20-19-15(25-16)17-11-6-4-5-7-12(11)22-3/h4-7,10H,8-9H2,1-3H3,(H,17,19). The van der Waals surface area contributed by atoms with E-state index in [4.69, 9.17) is 9.26 Å². The fourth-order valence-corrected chi connectivity index (χ4v) is 3.70. The lowest BCUT2D eigenvalue weighted by Crippen LogP contribution is -1.94. The van der Waals surface area contributed by atoms with Crippen LogP contribution in [-0.4, -0.2) is 27.4 Å². The normalized spacial score (nSPS) is 11.0. The first-order valence-corrected chi connectivity index (χ1v) is 9.62. The molecule has 0 aliphatic heterocycles. The Bertz CT molecular complexity index is 818. The van der Waals surface area contributed by atoms with Crippen LogP contribution in [0.2, 0.25) is 0 Å². The Hall–Kier alpha value is -2.13. The second-order valence-electron chi connectivity index (χ2n) is 5.69. The summed E-state index contributed by atoms with van der Waals surface area (Å²) in [6.07, 6.45) is 0.795. The highest BCUT2D eigenvalue weighted by Crippen LogP contribution is 2.32. The molecule has 0 radical (unpaired) electrons. The van der Waals surface area contributed by atoms with E-state index < -0.39 is 0 Å². The maximum atomic E-state index is 5.32. The SMILES string of the molecule is COc1ccccc1Nc1nnc(SCc2noc(CC(C)C)n2)s1. The van der Waals surface area contributed by atoms with Crippen molar-refractivity contribution in [3.05, 3.63) is 36.0 Å². The van der Waals surface area contributed by atoms with Gasteiger partial charge >= 0.3 is 0 Å². The van der Waals surface area contributed by atoms with E-state index in [2.05, 4.69) is 39.5 Å². The van der Waals surface area contributed by atoms with E-state index in [-0.39, 0.29) is 0 Å². The predicted octanol–water partition coefficient (Wildman–Crippen LogP) is 4.16. The third-order valence-corrected chi connectivity index (χ3v) is 5.14. The number of benzene rings is 1. The van der Waals surface area contributed by atoms with Crippen molar-refractivity contribution < 1.29 is 9.26 Å². The summed E-state index contributed by atoms with van der Waals surface area (Å²) < 4.78 is 11.4. The minimum atomic E-state index is 0.493. The summed E-state index contributed by atoms with van der Waals surface area (Å²) in [7, 11) is 1.64. The van der Waals surface area contributed by atoms with Crippen LogP contribution in [-0.2, 0) is 12.2 Å². The Morgan fingerprint density at radius 3 is 2.92 bits per heavy atom. The summed E-state index contributed by atoms with van der Waals surface area (Å²) in [5.74, 6) is 3.21. The van der Waals surface area contributed by atoms with Crippen LogP contribution in [0.4, 0.5) is 10.8 Å². The third kappa shape index (κ3) is 4.93. The molecule has 1 aromatic carbocycles. The highest BCUT2D eigenvalue weighted by molar-refractivity contribution is 8.00. The first-order chi connectivity index (χ1) is 12.1. The highest BCUT2D eigenvalue weighted by Gasteiger charge is 2.11. The monoisotopic (exact) mass is 377 g/mol. The summed E-state index contributed by atoms with van der Waals surface area (Å²) in [5, 5.41) is 16.3. The molecular weight excluding hydrogens is 358 g/mol. The molecule has 3 aromatic rings. The fourth-order valence-electron chi connectivity index (χ4n) is 2.09. The molecular formula is C16H19N5O2S2. The van der Waals surface area contributed by atoms with Gasteiger partial charge in [-0.2, -0.15) is 4.98 Å². The smallest absolute Gasteiger partial charge is 0.226 e. The van der Waals surface area contributed by atoms with Crippen LogP contribution in [0.1, 0.15) is 25.6 Å². The molecule has 132 valence electrons. The van der Waals surface area contributed by atoms with E-state index in [9.17, 15) is 0 Å². The lowest BCUT2D eigenvalue weighted by atomic mass is 10.1. The van der Waals surface area contributed by atoms with Crippen molar-refractivity contribution in [2.75, 3.05) is 12.4 Å². The molecule has 2 aromatic heterocycles. The van der Waals surface area contributed by atoms with Crippen LogP contribution in [0.5, 0.6) is 5.75 Å². The number of ether oxygens (including phenoxy) is 1. The van der Waals surface area contributed by atoms with Crippen molar-refractivity contribution in [2.45, 2.75) is 30.4 Å². The molecule has 0 saturated carbocycles. The summed E-state index contributed by atoms with van der Waals surface area (Å²) in [6, 6.07) is 7.68. The number of anilines is 2. The van der Waals surface area contributed by atoms with Gasteiger partial charge in [0, 0.05) is 6.42 Å². The van der Waals surface area contributed by atoms with Gasteiger partial charge in [-0.1, -0.05) is 54.2 Å². The number of nitrogens with one attached hydrogen (secondary N) is 1. The Balaban J connectivity index is 1.57. The number of hydrogen-bond donors (Lipinski definition) is 1. The first kappa shape index (κ1) is 17.7. The molecule has 0 aliphatic carbocycles. The van der Waals surface area contributed by atoms with Crippen LogP contribution in [0, 0.1) is 5.92 Å². The molecule has 0 bridgehead atoms. The average molecular weight is 377 g/mol. The number of nitrogens with zero attached hydrogens (tertiary/aromatic N) is 4. The average Bonchev–Trinajstić information content (AvgIpc) is 3.22. The molecule has 0 spiro atoms. The predicted molar refractivity (Wildman–Crippen MR) is 98.6 cm³/mol. The number of hydrogen-bond acceptors (Lipinski definition) is 9. The Morgan fingerprint density at radius 1 is 1.28 bits per heavy atom. The maximum absolute atomic E-state index is 5.32. The fraction of sp³-hybridized carbons (Fsp3) is 0.375. The second kappa shape index (κ2) is 8.30. The molecule has 0 atom stereocenters. The largest absolute Gasteiger partial charge is 0.495 e. The van der Waals surface area contributed by atoms with E-state index in [1.807, 2.05) is 24.3 Å². The molecule has 9 heteroatoms. The van der Waals surface area contributed by atoms with Crippen molar-refractivity contribution in [1.29, 1.82) is 0 Å². The number of rotatable bonds is 8. The molecule has 0 fully saturated rings. The summed E-state index contributed by atoms with van der Waals surface area (Å²) in [4.78, 5) is 4.39. The van der Waals surface area contributed by atoms with E-state index in [1.165, 1.54) is 23.1 Å². The van der Waals surface area contributed by atoms with Gasteiger partial charge in [-0.25, -0.2) is 0 Å². The number of para-hydroxylation sites is 2. The van der Waals surface area contributed by atoms with E-state index in [0.717, 1.165) is 22.2 Å². The van der Waals surface area contributed by atoms with Gasteiger partial charge < -0.3 is 14.6 Å². The van der Waals surface area contributed by atoms with Gasteiger partial charge in [0.15, 0.2) is 10.2 Å². The van der Waals surface area contributed by atoms with Crippen LogP contribution in [0.3, 0.4) is 0 Å². The second-order valence-corrected chi connectivity index (χ2v) is 7.89. The van der Waals surface area contributed by atoms with Gasteiger partial charge in [-0.3, -0.25) is 0 Å². The van der Waals surface area contributed by atoms with Gasteiger partial charge in [-0.15, -0.1) is 10.2 Å². The molecule has 0 aliphatic rings. The zero-order chi connectivity index (χ0) is 17.6. The maximum Gasteiger partial charge on any atom is 0.226 e. The van der Waals surface area contributed by atoms with Crippen molar-refractivity contribution in [3.63, 3.8) is 0 Å². The summed E-state index contributed by atoms with van der Waals surface area (Å²) in [6.45, 7) is 4.24. The van der Waals surface area contributed by atoms with E-state index in [1.54, 1.807) is 7.11 Å². The van der Waals surface area contributed by atoms with Crippen LogP contribution in [0.15, 0.2) is 33.1 Å². The molecule has 2 heterocycles. The summed E-state index contributed by atoms with van der Waals surface area (Å²) >= 11 is 3.01. The molecule has 3 rings (SSSR count). The van der Waals surface area contributed by atoms with E-state index in [0.29, 0.717) is 28.5 Å². The Morgan fingerprint density at radius 2 is 2.12 bits per heavy atom. The third-order valence-electron chi connectivity index (χ3n) is 3.17. The lowest BCUT2D eigenvalue weighted by molar-refractivity contribution is 0.360. The minimum absolute atomic E-state index is 0.493. The Labute approximate surface area is 154 Å². The minimum Gasteiger partial charge on any atom is -0.495 e. The van der Waals surface area contributed by atoms with Crippen LogP contribution < -0.4 is 10.1 Å². The van der Waals surface area contributed by atoms with Gasteiger partial charge in [0.25, 0.3) is 0 Å². The van der Waals surface area contributed by atoms with E-state index >= 15 is 0 Å². The van der Waals surface area contributed by atoms with Crippen molar-refractivity contribution in [2.24, 2.45) is 5.92 Å². The highest BCUT2D eigenvalue weighted by atomic mass is 32.2. The number of methoxy groups -OCH3 is 1. The molecule has 1 N–H and O–H groups in total. The molecule has 25 heavy (non-hydrogen) atoms. The quantitative estimate of drug-likeness (QED) is 0.586. The van der Waals surface area contributed by atoms with Crippen molar-refractivity contribution >= 4 is 33.9 Å². The van der Waals surface area contributed by atoms with Crippen LogP contribution >= 0.6 is 23.1 Å². The molecule has 0 unspecified atom stereocenters. The lowest BCUT2D eigenvalue weighted by Gasteiger charge is -2.07. The van der Waals surface area contributed by atoms with Crippen LogP contribution in [0.25, 0.3) is 0 Å². The molecule has 0 saturated heterocycles. The first-order valence-electron chi connectivity index (χ1n) is 7.82. The van der Waals surface area contributed by atoms with Gasteiger partial charge in [0.1, 0.15) is 5.75 Å².